The number of nitrogens with one attached hydrogen (secondary N) is 1. The largest absolute Gasteiger partial charge is 0.316 e. The van der Waals surface area contributed by atoms with Gasteiger partial charge in [-0.25, -0.2) is 9.97 Å². The Morgan fingerprint density at radius 2 is 2.17 bits per heavy atom. The lowest BCUT2D eigenvalue weighted by atomic mass is 10.2. The van der Waals surface area contributed by atoms with Crippen LogP contribution in [0.5, 0.6) is 0 Å². The first-order valence-corrected chi connectivity index (χ1v) is 7.36. The monoisotopic (exact) mass is 273 g/mol. The molecule has 0 atom stereocenters. The predicted octanol–water partition coefficient (Wildman–Crippen LogP) is 3.93. The number of nitrogens with zero attached hydrogens (tertiary/aromatic N) is 2. The zero-order valence-corrected chi connectivity index (χ0v) is 11.2. The van der Waals surface area contributed by atoms with E-state index in [2.05, 4.69) is 37.5 Å². The molecule has 0 radical (unpaired) electrons. The Morgan fingerprint density at radius 1 is 1.17 bits per heavy atom. The van der Waals surface area contributed by atoms with Gasteiger partial charge in [-0.3, -0.25) is 0 Å². The summed E-state index contributed by atoms with van der Waals surface area (Å²) in [5.74, 6) is 0.828. The molecule has 5 heteroatoms. The number of rotatable bonds is 4. The summed E-state index contributed by atoms with van der Waals surface area (Å²) in [5.41, 5.74) is 2.41. The summed E-state index contributed by atoms with van der Waals surface area (Å²) in [4.78, 5) is 8.77. The normalized spacial score (nSPS) is 10.4. The minimum absolute atomic E-state index is 0.828. The van der Waals surface area contributed by atoms with E-state index in [4.69, 9.17) is 0 Å². The summed E-state index contributed by atoms with van der Waals surface area (Å²) in [6.45, 7) is 0. The Labute approximate surface area is 113 Å². The van der Waals surface area contributed by atoms with Gasteiger partial charge in [-0.1, -0.05) is 6.07 Å². The van der Waals surface area contributed by atoms with Gasteiger partial charge in [-0.05, 0) is 34.5 Å². The third-order valence-corrected chi connectivity index (χ3v) is 3.96. The maximum atomic E-state index is 4.55. The Kier molecular flexibility index (Phi) is 3.34. The summed E-state index contributed by atoms with van der Waals surface area (Å²) in [5, 5.41) is 10.4. The minimum Gasteiger partial charge on any atom is -0.316 e. The van der Waals surface area contributed by atoms with Crippen LogP contribution in [0.15, 0.2) is 46.6 Å². The number of aromatic nitrogens is 2. The van der Waals surface area contributed by atoms with Gasteiger partial charge in [0.25, 0.3) is 0 Å². The number of thiazole rings is 1. The molecule has 90 valence electrons. The van der Waals surface area contributed by atoms with Crippen LogP contribution in [0.4, 0.5) is 10.9 Å². The van der Waals surface area contributed by atoms with Crippen molar-refractivity contribution in [3.63, 3.8) is 0 Å². The third kappa shape index (κ3) is 2.75. The first-order valence-electron chi connectivity index (χ1n) is 5.54. The summed E-state index contributed by atoms with van der Waals surface area (Å²) in [6.07, 6.45) is 2.66. The number of hydrogen-bond donors (Lipinski definition) is 1. The highest BCUT2D eigenvalue weighted by Gasteiger charge is 2.04. The lowest BCUT2D eigenvalue weighted by Gasteiger charge is -1.99. The van der Waals surface area contributed by atoms with Gasteiger partial charge in [-0.15, -0.1) is 11.3 Å². The van der Waals surface area contributed by atoms with Crippen molar-refractivity contribution in [2.45, 2.75) is 6.42 Å². The Balaban J connectivity index is 1.70. The molecule has 3 aromatic rings. The molecule has 0 saturated carbocycles. The molecule has 0 saturated heterocycles. The maximum absolute atomic E-state index is 4.55. The van der Waals surface area contributed by atoms with Gasteiger partial charge in [0.15, 0.2) is 5.13 Å². The summed E-state index contributed by atoms with van der Waals surface area (Å²) < 4.78 is 0. The first-order chi connectivity index (χ1) is 8.90. The molecule has 0 aliphatic heterocycles. The van der Waals surface area contributed by atoms with Gasteiger partial charge >= 0.3 is 0 Å². The Morgan fingerprint density at radius 3 is 2.94 bits per heavy atom. The van der Waals surface area contributed by atoms with Crippen LogP contribution in [0, 0.1) is 0 Å². The lowest BCUT2D eigenvalue weighted by molar-refractivity contribution is 1.11. The highest BCUT2D eigenvalue weighted by Crippen LogP contribution is 2.21. The van der Waals surface area contributed by atoms with E-state index in [9.17, 15) is 0 Å². The van der Waals surface area contributed by atoms with Crippen molar-refractivity contribution in [3.8, 4) is 0 Å². The SMILES string of the molecule is c1ccc(Nc2nc(Cc3ccsc3)cs2)nc1. The minimum atomic E-state index is 0.828. The van der Waals surface area contributed by atoms with Crippen LogP contribution in [-0.2, 0) is 6.42 Å². The zero-order chi connectivity index (χ0) is 12.2. The summed E-state index contributed by atoms with van der Waals surface area (Å²) in [6, 6.07) is 7.92. The highest BCUT2D eigenvalue weighted by molar-refractivity contribution is 7.13. The van der Waals surface area contributed by atoms with Crippen molar-refractivity contribution in [3.05, 3.63) is 57.9 Å². The molecule has 0 aliphatic carbocycles. The molecule has 0 bridgehead atoms. The maximum Gasteiger partial charge on any atom is 0.188 e. The first kappa shape index (κ1) is 11.4. The van der Waals surface area contributed by atoms with Crippen LogP contribution in [0.3, 0.4) is 0 Å². The van der Waals surface area contributed by atoms with E-state index in [1.807, 2.05) is 18.2 Å². The van der Waals surface area contributed by atoms with E-state index in [0.717, 1.165) is 23.1 Å². The quantitative estimate of drug-likeness (QED) is 0.782. The second kappa shape index (κ2) is 5.29. The molecule has 3 heterocycles. The number of hydrogen-bond acceptors (Lipinski definition) is 5. The fraction of sp³-hybridized carbons (Fsp3) is 0.0769. The Hall–Kier alpha value is -1.72. The molecule has 0 unspecified atom stereocenters. The number of pyridine rings is 1. The van der Waals surface area contributed by atoms with Gasteiger partial charge in [0.1, 0.15) is 5.82 Å². The van der Waals surface area contributed by atoms with Gasteiger partial charge < -0.3 is 5.32 Å². The second-order valence-electron chi connectivity index (χ2n) is 3.79. The van der Waals surface area contributed by atoms with Crippen LogP contribution < -0.4 is 5.32 Å². The van der Waals surface area contributed by atoms with Gasteiger partial charge in [0.05, 0.1) is 5.69 Å². The summed E-state index contributed by atoms with van der Waals surface area (Å²) in [7, 11) is 0. The molecule has 3 rings (SSSR count). The van der Waals surface area contributed by atoms with Crippen LogP contribution >= 0.6 is 22.7 Å². The van der Waals surface area contributed by atoms with Crippen molar-refractivity contribution in [1.29, 1.82) is 0 Å². The predicted molar refractivity (Wildman–Crippen MR) is 76.8 cm³/mol. The van der Waals surface area contributed by atoms with Crippen molar-refractivity contribution in [2.75, 3.05) is 5.32 Å². The van der Waals surface area contributed by atoms with E-state index >= 15 is 0 Å². The second-order valence-corrected chi connectivity index (χ2v) is 5.43. The van der Waals surface area contributed by atoms with Crippen LogP contribution in [0.25, 0.3) is 0 Å². The average Bonchev–Trinajstić information content (AvgIpc) is 3.03. The molecule has 3 nitrogen and oxygen atoms in total. The van der Waals surface area contributed by atoms with Crippen molar-refractivity contribution >= 4 is 33.6 Å². The molecule has 18 heavy (non-hydrogen) atoms. The van der Waals surface area contributed by atoms with E-state index in [-0.39, 0.29) is 0 Å². The molecule has 0 aliphatic rings. The molecule has 0 fully saturated rings. The Bertz CT molecular complexity index is 602. The molecule has 0 amide bonds. The van der Waals surface area contributed by atoms with Gasteiger partial charge in [0, 0.05) is 18.0 Å². The molecule has 0 spiro atoms. The van der Waals surface area contributed by atoms with Crippen molar-refractivity contribution in [2.24, 2.45) is 0 Å². The topological polar surface area (TPSA) is 37.8 Å². The molecule has 0 aromatic carbocycles. The zero-order valence-electron chi connectivity index (χ0n) is 9.54. The van der Waals surface area contributed by atoms with Crippen LogP contribution in [0.1, 0.15) is 11.3 Å². The van der Waals surface area contributed by atoms with Crippen molar-refractivity contribution < 1.29 is 0 Å². The lowest BCUT2D eigenvalue weighted by Crippen LogP contribution is -1.92. The highest BCUT2D eigenvalue weighted by atomic mass is 32.1. The average molecular weight is 273 g/mol. The van der Waals surface area contributed by atoms with E-state index in [1.54, 1.807) is 28.9 Å². The van der Waals surface area contributed by atoms with E-state index < -0.39 is 0 Å². The van der Waals surface area contributed by atoms with E-state index in [0.29, 0.717) is 0 Å². The molecule has 1 N–H and O–H groups in total. The standard InChI is InChI=1S/C13H11N3S2/c1-2-5-14-12(3-1)16-13-15-11(9-18-13)7-10-4-6-17-8-10/h1-6,8-9H,7H2,(H,14,15,16). The van der Waals surface area contributed by atoms with Crippen LogP contribution in [0.2, 0.25) is 0 Å². The smallest absolute Gasteiger partial charge is 0.188 e. The van der Waals surface area contributed by atoms with Crippen LogP contribution in [-0.4, -0.2) is 9.97 Å². The van der Waals surface area contributed by atoms with Gasteiger partial charge in [-0.2, -0.15) is 11.3 Å². The molecular formula is C13H11N3S2. The number of anilines is 2. The van der Waals surface area contributed by atoms with Gasteiger partial charge in [0.2, 0.25) is 0 Å². The molecular weight excluding hydrogens is 262 g/mol. The number of thiophene rings is 1. The summed E-state index contributed by atoms with van der Waals surface area (Å²) >= 11 is 3.33. The fourth-order valence-electron chi connectivity index (χ4n) is 1.59. The third-order valence-electron chi connectivity index (χ3n) is 2.42. The van der Waals surface area contributed by atoms with E-state index in [1.165, 1.54) is 5.56 Å². The molecule has 3 aromatic heterocycles. The van der Waals surface area contributed by atoms with Crippen molar-refractivity contribution in [1.82, 2.24) is 9.97 Å². The fourth-order valence-corrected chi connectivity index (χ4v) is 2.98.